The van der Waals surface area contributed by atoms with Crippen LogP contribution in [0.15, 0.2) is 30.6 Å². The van der Waals surface area contributed by atoms with E-state index in [1.165, 1.54) is 12.0 Å². The number of methoxy groups -OCH3 is 2. The number of nitrogens with zero attached hydrogens (tertiary/aromatic N) is 3. The molecule has 0 spiro atoms. The number of ether oxygens (including phenoxy) is 2. The Balaban J connectivity index is 1.57. The predicted molar refractivity (Wildman–Crippen MR) is 109 cm³/mol. The zero-order valence-corrected chi connectivity index (χ0v) is 17.2. The number of benzene rings is 1. The van der Waals surface area contributed by atoms with Crippen LogP contribution >= 0.6 is 0 Å². The molecule has 2 heterocycles. The summed E-state index contributed by atoms with van der Waals surface area (Å²) < 4.78 is 12.5. The molecule has 1 amide bonds. The smallest absolute Gasteiger partial charge is 0.223 e. The average Bonchev–Trinajstić information content (AvgIpc) is 3.15. The minimum Gasteiger partial charge on any atom is -0.493 e. The quantitative estimate of drug-likeness (QED) is 0.699. The van der Waals surface area contributed by atoms with Crippen LogP contribution in [-0.4, -0.2) is 47.4 Å². The first-order valence-electron chi connectivity index (χ1n) is 10.1. The molecule has 6 heteroatoms. The summed E-state index contributed by atoms with van der Waals surface area (Å²) in [6.45, 7) is 0.877. The van der Waals surface area contributed by atoms with E-state index in [2.05, 4.69) is 16.1 Å². The van der Waals surface area contributed by atoms with Gasteiger partial charge in [-0.3, -0.25) is 9.48 Å². The topological polar surface area (TPSA) is 56.6 Å². The molecule has 0 radical (unpaired) electrons. The third kappa shape index (κ3) is 5.06. The van der Waals surface area contributed by atoms with Gasteiger partial charge < -0.3 is 14.4 Å². The number of carbonyl (C=O) groups is 1. The van der Waals surface area contributed by atoms with Crippen LogP contribution in [0.4, 0.5) is 0 Å². The van der Waals surface area contributed by atoms with Crippen LogP contribution in [0, 0.1) is 0 Å². The van der Waals surface area contributed by atoms with Crippen LogP contribution in [0.2, 0.25) is 0 Å². The van der Waals surface area contributed by atoms with Gasteiger partial charge in [0.1, 0.15) is 0 Å². The van der Waals surface area contributed by atoms with Crippen LogP contribution < -0.4 is 9.47 Å². The van der Waals surface area contributed by atoms with Gasteiger partial charge >= 0.3 is 0 Å². The summed E-state index contributed by atoms with van der Waals surface area (Å²) in [5.74, 6) is 1.77. The molecular weight excluding hydrogens is 354 g/mol. The lowest BCUT2D eigenvalue weighted by molar-refractivity contribution is -0.135. The number of aryl methyl sites for hydroxylation is 3. The van der Waals surface area contributed by atoms with Crippen molar-refractivity contribution in [1.82, 2.24) is 14.7 Å². The van der Waals surface area contributed by atoms with Gasteiger partial charge in [0.25, 0.3) is 0 Å². The maximum absolute atomic E-state index is 12.8. The molecule has 1 aromatic carbocycles. The highest BCUT2D eigenvalue weighted by atomic mass is 16.5. The summed E-state index contributed by atoms with van der Waals surface area (Å²) in [5, 5.41) is 4.18. The molecule has 2 aromatic rings. The normalized spacial score (nSPS) is 16.8. The van der Waals surface area contributed by atoms with E-state index in [-0.39, 0.29) is 5.91 Å². The molecule has 0 N–H and O–H groups in total. The van der Waals surface area contributed by atoms with Gasteiger partial charge in [0, 0.05) is 32.3 Å². The minimum absolute atomic E-state index is 0.265. The fraction of sp³-hybridized carbons (Fsp3) is 0.545. The van der Waals surface area contributed by atoms with Crippen molar-refractivity contribution in [3.8, 4) is 11.5 Å². The lowest BCUT2D eigenvalue weighted by Gasteiger charge is -2.36. The van der Waals surface area contributed by atoms with E-state index in [4.69, 9.17) is 9.47 Å². The van der Waals surface area contributed by atoms with E-state index in [1.807, 2.05) is 31.6 Å². The van der Waals surface area contributed by atoms with Crippen molar-refractivity contribution < 1.29 is 14.3 Å². The molecule has 152 valence electrons. The van der Waals surface area contributed by atoms with Crippen molar-refractivity contribution in [1.29, 1.82) is 0 Å². The molecule has 0 bridgehead atoms. The van der Waals surface area contributed by atoms with Crippen LogP contribution in [-0.2, 0) is 24.7 Å². The Kier molecular flexibility index (Phi) is 6.95. The molecule has 1 unspecified atom stereocenters. The Morgan fingerprint density at radius 1 is 1.14 bits per heavy atom. The van der Waals surface area contributed by atoms with Gasteiger partial charge in [-0.1, -0.05) is 6.07 Å². The fourth-order valence-corrected chi connectivity index (χ4v) is 3.99. The molecule has 1 aliphatic heterocycles. The molecule has 1 saturated heterocycles. The van der Waals surface area contributed by atoms with E-state index < -0.39 is 0 Å². The number of aromatic nitrogens is 2. The lowest BCUT2D eigenvalue weighted by atomic mass is 9.95. The standard InChI is InChI=1S/C22H31N3O3/c1-24-16-18(15-23-24)9-12-22(26)25-13-5-4-6-19(25)10-7-17-8-11-20(27-2)21(14-17)28-3/h8,11,14-16,19H,4-7,9-10,12-13H2,1-3H3. The summed E-state index contributed by atoms with van der Waals surface area (Å²) in [5.41, 5.74) is 2.33. The second-order valence-electron chi connectivity index (χ2n) is 7.49. The second kappa shape index (κ2) is 9.62. The Morgan fingerprint density at radius 2 is 1.96 bits per heavy atom. The van der Waals surface area contributed by atoms with Gasteiger partial charge in [0.2, 0.25) is 5.91 Å². The highest BCUT2D eigenvalue weighted by Crippen LogP contribution is 2.29. The fourth-order valence-electron chi connectivity index (χ4n) is 3.99. The van der Waals surface area contributed by atoms with Crippen LogP contribution in [0.5, 0.6) is 11.5 Å². The molecule has 0 aliphatic carbocycles. The van der Waals surface area contributed by atoms with E-state index in [9.17, 15) is 4.79 Å². The molecule has 3 rings (SSSR count). The van der Waals surface area contributed by atoms with E-state index >= 15 is 0 Å². The van der Waals surface area contributed by atoms with Gasteiger partial charge in [-0.15, -0.1) is 0 Å². The highest BCUT2D eigenvalue weighted by Gasteiger charge is 2.26. The van der Waals surface area contributed by atoms with Crippen molar-refractivity contribution >= 4 is 5.91 Å². The Labute approximate surface area is 167 Å². The Morgan fingerprint density at radius 3 is 2.68 bits per heavy atom. The number of likely N-dealkylation sites (tertiary alicyclic amines) is 1. The highest BCUT2D eigenvalue weighted by molar-refractivity contribution is 5.76. The van der Waals surface area contributed by atoms with Crippen molar-refractivity contribution in [3.63, 3.8) is 0 Å². The monoisotopic (exact) mass is 385 g/mol. The molecule has 1 fully saturated rings. The summed E-state index contributed by atoms with van der Waals surface area (Å²) in [4.78, 5) is 15.0. The van der Waals surface area contributed by atoms with Crippen LogP contribution in [0.25, 0.3) is 0 Å². The molecular formula is C22H31N3O3. The predicted octanol–water partition coefficient (Wildman–Crippen LogP) is 3.38. The molecule has 1 atom stereocenters. The largest absolute Gasteiger partial charge is 0.493 e. The van der Waals surface area contributed by atoms with Crippen LogP contribution in [0.3, 0.4) is 0 Å². The van der Waals surface area contributed by atoms with Crippen molar-refractivity contribution in [2.24, 2.45) is 7.05 Å². The maximum atomic E-state index is 12.8. The van der Waals surface area contributed by atoms with E-state index in [0.29, 0.717) is 12.5 Å². The molecule has 28 heavy (non-hydrogen) atoms. The summed E-state index contributed by atoms with van der Waals surface area (Å²) in [7, 11) is 5.21. The number of hydrogen-bond donors (Lipinski definition) is 0. The SMILES string of the molecule is COc1ccc(CCC2CCCCN2C(=O)CCc2cnn(C)c2)cc1OC. The number of hydrogen-bond acceptors (Lipinski definition) is 4. The van der Waals surface area contributed by atoms with Gasteiger partial charge in [-0.05, 0) is 61.8 Å². The first-order chi connectivity index (χ1) is 13.6. The Bertz CT molecular complexity index is 787. The molecule has 0 saturated carbocycles. The van der Waals surface area contributed by atoms with E-state index in [0.717, 1.165) is 55.7 Å². The van der Waals surface area contributed by atoms with Gasteiger partial charge in [-0.25, -0.2) is 0 Å². The summed E-state index contributed by atoms with van der Waals surface area (Å²) >= 11 is 0. The Hall–Kier alpha value is -2.50. The second-order valence-corrected chi connectivity index (χ2v) is 7.49. The average molecular weight is 386 g/mol. The minimum atomic E-state index is 0.265. The van der Waals surface area contributed by atoms with Crippen molar-refractivity contribution in [2.45, 2.75) is 51.0 Å². The first kappa shape index (κ1) is 20.2. The third-order valence-corrected chi connectivity index (χ3v) is 5.55. The van der Waals surface area contributed by atoms with Crippen LogP contribution in [0.1, 0.15) is 43.2 Å². The van der Waals surface area contributed by atoms with Gasteiger partial charge in [0.15, 0.2) is 11.5 Å². The maximum Gasteiger partial charge on any atom is 0.223 e. The zero-order chi connectivity index (χ0) is 19.9. The molecule has 1 aromatic heterocycles. The summed E-state index contributed by atoms with van der Waals surface area (Å²) in [6, 6.07) is 6.39. The van der Waals surface area contributed by atoms with Gasteiger partial charge in [0.05, 0.1) is 20.4 Å². The molecule has 6 nitrogen and oxygen atoms in total. The molecule has 1 aliphatic rings. The van der Waals surface area contributed by atoms with Crippen molar-refractivity contribution in [3.05, 3.63) is 41.7 Å². The number of piperidine rings is 1. The first-order valence-corrected chi connectivity index (χ1v) is 10.1. The number of rotatable bonds is 8. The zero-order valence-electron chi connectivity index (χ0n) is 17.2. The third-order valence-electron chi connectivity index (χ3n) is 5.55. The number of carbonyl (C=O) groups excluding carboxylic acids is 1. The van der Waals surface area contributed by atoms with E-state index in [1.54, 1.807) is 18.9 Å². The van der Waals surface area contributed by atoms with Crippen molar-refractivity contribution in [2.75, 3.05) is 20.8 Å². The summed E-state index contributed by atoms with van der Waals surface area (Å²) in [6.07, 6.45) is 10.4. The lowest BCUT2D eigenvalue weighted by Crippen LogP contribution is -2.44. The number of amides is 1. The van der Waals surface area contributed by atoms with Gasteiger partial charge in [-0.2, -0.15) is 5.10 Å².